The van der Waals surface area contributed by atoms with E-state index in [4.69, 9.17) is 28.4 Å². The fourth-order valence-electron chi connectivity index (χ4n) is 4.44. The minimum atomic E-state index is -1.88. The maximum Gasteiger partial charge on any atom is 0.187 e. The number of thiol groups is 1. The highest BCUT2D eigenvalue weighted by molar-refractivity contribution is 7.80. The molecule has 0 amide bonds. The van der Waals surface area contributed by atoms with Gasteiger partial charge in [-0.3, -0.25) is 0 Å². The fourth-order valence-corrected chi connectivity index (χ4v) is 4.57. The molecule has 3 fully saturated rings. The van der Waals surface area contributed by atoms with Crippen molar-refractivity contribution >= 4 is 12.6 Å². The SMILES string of the molecule is OC[C@H]1O[C@H](O[C@H]2[C@@H](O)[C@@H](CO)O[C@@H](O[C@H]3[C@H](O)[C@@H](O)[C@H](OCCCS)O[C@@H]3CO)[C@@H]2O)[C@H](O)[C@@H](O)[C@H]1O. The van der Waals surface area contributed by atoms with Crippen LogP contribution >= 0.6 is 12.6 Å². The highest BCUT2D eigenvalue weighted by Crippen LogP contribution is 2.32. The molecule has 3 aliphatic rings. The summed E-state index contributed by atoms with van der Waals surface area (Å²) in [6.45, 7) is -2.09. The highest BCUT2D eigenvalue weighted by atomic mass is 32.1. The van der Waals surface area contributed by atoms with Crippen molar-refractivity contribution in [2.45, 2.75) is 98.5 Å². The molecule has 0 bridgehead atoms. The predicted octanol–water partition coefficient (Wildman–Crippen LogP) is -6.23. The molecule has 0 radical (unpaired) electrons. The lowest BCUT2D eigenvalue weighted by atomic mass is 9.96. The molecule has 0 saturated carbocycles. The smallest absolute Gasteiger partial charge is 0.187 e. The number of aliphatic hydroxyl groups excluding tert-OH is 10. The zero-order valence-corrected chi connectivity index (χ0v) is 21.2. The van der Waals surface area contributed by atoms with Crippen LogP contribution in [-0.2, 0) is 28.4 Å². The highest BCUT2D eigenvalue weighted by Gasteiger charge is 2.53. The molecule has 0 aromatic carbocycles. The van der Waals surface area contributed by atoms with Crippen molar-refractivity contribution in [1.82, 2.24) is 0 Å². The minimum absolute atomic E-state index is 0.152. The van der Waals surface area contributed by atoms with E-state index in [9.17, 15) is 51.1 Å². The molecule has 16 nitrogen and oxygen atoms in total. The Balaban J connectivity index is 1.74. The molecular formula is C21H38O16S. The van der Waals surface area contributed by atoms with Crippen LogP contribution in [0.1, 0.15) is 6.42 Å². The van der Waals surface area contributed by atoms with Gasteiger partial charge in [0.05, 0.1) is 26.4 Å². The summed E-state index contributed by atoms with van der Waals surface area (Å²) in [5, 5.41) is 102. The summed E-state index contributed by atoms with van der Waals surface area (Å²) in [7, 11) is 0. The largest absolute Gasteiger partial charge is 0.394 e. The van der Waals surface area contributed by atoms with Gasteiger partial charge in [0.2, 0.25) is 0 Å². The van der Waals surface area contributed by atoms with E-state index < -0.39 is 112 Å². The minimum Gasteiger partial charge on any atom is -0.394 e. The quantitative estimate of drug-likeness (QED) is 0.0805. The first-order valence-corrected chi connectivity index (χ1v) is 12.8. The van der Waals surface area contributed by atoms with E-state index >= 15 is 0 Å². The third-order valence-corrected chi connectivity index (χ3v) is 6.97. The van der Waals surface area contributed by atoms with Crippen molar-refractivity contribution in [1.29, 1.82) is 0 Å². The second-order valence-electron chi connectivity index (χ2n) is 9.26. The zero-order valence-electron chi connectivity index (χ0n) is 20.3. The van der Waals surface area contributed by atoms with E-state index in [2.05, 4.69) is 12.6 Å². The van der Waals surface area contributed by atoms with Gasteiger partial charge < -0.3 is 79.5 Å². The monoisotopic (exact) mass is 578 g/mol. The number of hydrogen-bond donors (Lipinski definition) is 11. The van der Waals surface area contributed by atoms with E-state index in [-0.39, 0.29) is 6.61 Å². The molecule has 15 atom stereocenters. The molecule has 0 aromatic heterocycles. The van der Waals surface area contributed by atoms with E-state index in [1.165, 1.54) is 0 Å². The van der Waals surface area contributed by atoms with Crippen LogP contribution in [0, 0.1) is 0 Å². The molecule has 38 heavy (non-hydrogen) atoms. The van der Waals surface area contributed by atoms with Gasteiger partial charge in [-0.15, -0.1) is 0 Å². The molecule has 224 valence electrons. The third kappa shape index (κ3) is 6.94. The first kappa shape index (κ1) is 32.2. The van der Waals surface area contributed by atoms with E-state index in [1.54, 1.807) is 0 Å². The van der Waals surface area contributed by atoms with Gasteiger partial charge in [0, 0.05) is 0 Å². The number of hydrogen-bond acceptors (Lipinski definition) is 17. The first-order chi connectivity index (χ1) is 18.1. The van der Waals surface area contributed by atoms with Crippen molar-refractivity contribution in [2.24, 2.45) is 0 Å². The molecule has 0 unspecified atom stereocenters. The van der Waals surface area contributed by atoms with Gasteiger partial charge in [-0.05, 0) is 12.2 Å². The van der Waals surface area contributed by atoms with Crippen LogP contribution in [-0.4, -0.2) is 175 Å². The second kappa shape index (κ2) is 14.6. The van der Waals surface area contributed by atoms with E-state index in [1.807, 2.05) is 0 Å². The van der Waals surface area contributed by atoms with Crippen molar-refractivity contribution in [3.8, 4) is 0 Å². The summed E-state index contributed by atoms with van der Waals surface area (Å²) in [5.74, 6) is 0.502. The zero-order chi connectivity index (χ0) is 28.1. The van der Waals surface area contributed by atoms with Crippen molar-refractivity contribution in [3.63, 3.8) is 0 Å². The lowest BCUT2D eigenvalue weighted by Crippen LogP contribution is -2.66. The van der Waals surface area contributed by atoms with Crippen molar-refractivity contribution in [3.05, 3.63) is 0 Å². The Morgan fingerprint density at radius 1 is 0.526 bits per heavy atom. The average molecular weight is 579 g/mol. The Hall–Kier alpha value is -0.290. The number of aliphatic hydroxyl groups is 10. The van der Waals surface area contributed by atoms with Gasteiger partial charge in [0.1, 0.15) is 73.2 Å². The molecule has 3 aliphatic heterocycles. The Morgan fingerprint density at radius 3 is 1.61 bits per heavy atom. The molecule has 3 heterocycles. The van der Waals surface area contributed by atoms with Gasteiger partial charge in [-0.2, -0.15) is 12.6 Å². The van der Waals surface area contributed by atoms with Crippen LogP contribution in [0.25, 0.3) is 0 Å². The van der Waals surface area contributed by atoms with Crippen LogP contribution < -0.4 is 0 Å². The van der Waals surface area contributed by atoms with Crippen LogP contribution in [0.3, 0.4) is 0 Å². The molecule has 3 rings (SSSR count). The Labute approximate surface area is 223 Å². The first-order valence-electron chi connectivity index (χ1n) is 12.2. The Kier molecular flexibility index (Phi) is 12.3. The predicted molar refractivity (Wildman–Crippen MR) is 123 cm³/mol. The van der Waals surface area contributed by atoms with Gasteiger partial charge in [-0.1, -0.05) is 0 Å². The summed E-state index contributed by atoms with van der Waals surface area (Å²) in [6, 6.07) is 0. The lowest BCUT2D eigenvalue weighted by Gasteiger charge is -2.48. The molecule has 3 saturated heterocycles. The standard InChI is InChI=1S/C21H38O16S/c22-4-7-10(25)12(27)14(29)20(33-7)37-18-11(26)8(5-23)34-21(16(18)31)36-17-9(6-24)35-19(15(30)13(17)28)32-2-1-3-38/h7-31,38H,1-6H2/t7-,8-,9-,10+,11+,12+,13-,14-,15-,16-,17-,18+,19-,20-,21+/m1/s1. The number of rotatable bonds is 11. The fraction of sp³-hybridized carbons (Fsp3) is 1.00. The summed E-state index contributed by atoms with van der Waals surface area (Å²) in [4.78, 5) is 0. The van der Waals surface area contributed by atoms with Crippen LogP contribution in [0.15, 0.2) is 0 Å². The summed E-state index contributed by atoms with van der Waals surface area (Å²) in [5.41, 5.74) is 0. The molecule has 17 heteroatoms. The summed E-state index contributed by atoms with van der Waals surface area (Å²) >= 11 is 4.05. The van der Waals surface area contributed by atoms with Gasteiger partial charge in [-0.25, -0.2) is 0 Å². The third-order valence-electron chi connectivity index (χ3n) is 6.66. The normalized spacial score (nSPS) is 48.2. The van der Waals surface area contributed by atoms with Crippen LogP contribution in [0.4, 0.5) is 0 Å². The average Bonchev–Trinajstić information content (AvgIpc) is 2.91. The van der Waals surface area contributed by atoms with Crippen LogP contribution in [0.2, 0.25) is 0 Å². The second-order valence-corrected chi connectivity index (χ2v) is 9.71. The molecule has 0 aromatic rings. The molecule has 0 aliphatic carbocycles. The van der Waals surface area contributed by atoms with Crippen molar-refractivity contribution in [2.75, 3.05) is 32.2 Å². The van der Waals surface area contributed by atoms with Gasteiger partial charge in [0.25, 0.3) is 0 Å². The molecular weight excluding hydrogens is 540 g/mol. The van der Waals surface area contributed by atoms with Gasteiger partial charge >= 0.3 is 0 Å². The Morgan fingerprint density at radius 2 is 1.03 bits per heavy atom. The maximum atomic E-state index is 10.9. The molecule has 10 N–H and O–H groups in total. The van der Waals surface area contributed by atoms with E-state index in [0.29, 0.717) is 12.2 Å². The maximum absolute atomic E-state index is 10.9. The summed E-state index contributed by atoms with van der Waals surface area (Å²) in [6.07, 6.45) is -23.7. The lowest BCUT2D eigenvalue weighted by molar-refractivity contribution is -0.380. The summed E-state index contributed by atoms with van der Waals surface area (Å²) < 4.78 is 32.7. The number of ether oxygens (including phenoxy) is 6. The van der Waals surface area contributed by atoms with Gasteiger partial charge in [0.15, 0.2) is 18.9 Å². The topological polar surface area (TPSA) is 258 Å². The molecule has 0 spiro atoms. The Bertz CT molecular complexity index is 704. The van der Waals surface area contributed by atoms with E-state index in [0.717, 1.165) is 0 Å². The van der Waals surface area contributed by atoms with Crippen LogP contribution in [0.5, 0.6) is 0 Å². The van der Waals surface area contributed by atoms with Crippen molar-refractivity contribution < 1.29 is 79.5 Å².